The van der Waals surface area contributed by atoms with Crippen LogP contribution in [-0.4, -0.2) is 29.3 Å². The molecule has 0 saturated heterocycles. The van der Waals surface area contributed by atoms with Gasteiger partial charge in [0.15, 0.2) is 0 Å². The maximum absolute atomic E-state index is 9.11. The van der Waals surface area contributed by atoms with Crippen LogP contribution >= 0.6 is 0 Å². The van der Waals surface area contributed by atoms with Crippen LogP contribution in [0.1, 0.15) is 42.6 Å². The lowest BCUT2D eigenvalue weighted by Crippen LogP contribution is -2.42. The zero-order valence-electron chi connectivity index (χ0n) is 12.0. The summed E-state index contributed by atoms with van der Waals surface area (Å²) in [5.74, 6) is 0. The first kappa shape index (κ1) is 14.3. The summed E-state index contributed by atoms with van der Waals surface area (Å²) in [4.78, 5) is 6.95. The number of aryl methyl sites for hydroxylation is 2. The van der Waals surface area contributed by atoms with Gasteiger partial charge < -0.3 is 15.7 Å². The molecule has 0 atom stereocenters. The van der Waals surface area contributed by atoms with Crippen molar-refractivity contribution in [2.75, 3.05) is 18.1 Å². The van der Waals surface area contributed by atoms with E-state index in [1.807, 2.05) is 13.8 Å². The van der Waals surface area contributed by atoms with Crippen LogP contribution in [0.15, 0.2) is 6.07 Å². The number of aromatic nitrogens is 1. The maximum atomic E-state index is 9.11. The van der Waals surface area contributed by atoms with Crippen LogP contribution in [0.2, 0.25) is 0 Å². The average molecular weight is 263 g/mol. The Balaban J connectivity index is 2.33. The molecule has 1 aromatic rings. The summed E-state index contributed by atoms with van der Waals surface area (Å²) in [5, 5.41) is 9.11. The second-order valence-corrected chi connectivity index (χ2v) is 5.41. The quantitative estimate of drug-likeness (QED) is 0.823. The third kappa shape index (κ3) is 3.07. The van der Waals surface area contributed by atoms with Crippen molar-refractivity contribution in [3.63, 3.8) is 0 Å². The number of hydrogen-bond acceptors (Lipinski definition) is 4. The molecule has 1 saturated carbocycles. The van der Waals surface area contributed by atoms with E-state index in [1.54, 1.807) is 0 Å². The summed E-state index contributed by atoms with van der Waals surface area (Å²) in [6.45, 7) is 5.73. The number of rotatable bonds is 6. The zero-order chi connectivity index (χ0) is 13.8. The van der Waals surface area contributed by atoms with E-state index < -0.39 is 0 Å². The van der Waals surface area contributed by atoms with Gasteiger partial charge in [-0.25, -0.2) is 0 Å². The first-order valence-electron chi connectivity index (χ1n) is 7.22. The Labute approximate surface area is 115 Å². The molecule has 2 rings (SSSR count). The summed E-state index contributed by atoms with van der Waals surface area (Å²) < 4.78 is 0. The number of aliphatic hydroxyl groups is 1. The topological polar surface area (TPSA) is 62.4 Å². The van der Waals surface area contributed by atoms with Gasteiger partial charge in [0.25, 0.3) is 0 Å². The van der Waals surface area contributed by atoms with E-state index in [4.69, 9.17) is 10.8 Å². The minimum atomic E-state index is 0.240. The lowest BCUT2D eigenvalue weighted by atomic mass is 9.90. The van der Waals surface area contributed by atoms with E-state index in [-0.39, 0.29) is 6.61 Å². The smallest absolute Gasteiger partial charge is 0.0450 e. The van der Waals surface area contributed by atoms with E-state index >= 15 is 0 Å². The standard InChI is InChI=1S/C15H25N3O/c1-11-9-15(14(10-16)12(2)17-11)18(7-4-8-19)13-5-3-6-13/h9,13,19H,3-8,10,16H2,1-2H3. The second kappa shape index (κ2) is 6.35. The number of hydrogen-bond donors (Lipinski definition) is 2. The van der Waals surface area contributed by atoms with E-state index in [1.165, 1.54) is 24.9 Å². The Bertz CT molecular complexity index is 430. The minimum absolute atomic E-state index is 0.240. The van der Waals surface area contributed by atoms with Crippen LogP contribution in [0.5, 0.6) is 0 Å². The number of nitrogens with zero attached hydrogens (tertiary/aromatic N) is 2. The van der Waals surface area contributed by atoms with Gasteiger partial charge in [0.1, 0.15) is 0 Å². The van der Waals surface area contributed by atoms with Crippen molar-refractivity contribution < 1.29 is 5.11 Å². The Morgan fingerprint density at radius 3 is 2.68 bits per heavy atom. The van der Waals surface area contributed by atoms with Gasteiger partial charge >= 0.3 is 0 Å². The van der Waals surface area contributed by atoms with Gasteiger partial charge in [0.2, 0.25) is 0 Å². The van der Waals surface area contributed by atoms with Gasteiger partial charge in [0, 0.05) is 48.4 Å². The Hall–Kier alpha value is -1.13. The average Bonchev–Trinajstić information content (AvgIpc) is 2.31. The predicted octanol–water partition coefficient (Wildman–Crippen LogP) is 1.90. The molecule has 0 unspecified atom stereocenters. The molecule has 1 aliphatic rings. The van der Waals surface area contributed by atoms with E-state index in [0.717, 1.165) is 29.9 Å². The number of nitrogens with two attached hydrogens (primary N) is 1. The molecule has 1 fully saturated rings. The molecule has 3 N–H and O–H groups in total. The molecule has 0 aliphatic heterocycles. The Morgan fingerprint density at radius 1 is 1.42 bits per heavy atom. The van der Waals surface area contributed by atoms with Gasteiger partial charge in [-0.2, -0.15) is 0 Å². The highest BCUT2D eigenvalue weighted by Gasteiger charge is 2.26. The monoisotopic (exact) mass is 263 g/mol. The van der Waals surface area contributed by atoms with Gasteiger partial charge in [-0.1, -0.05) is 0 Å². The molecular weight excluding hydrogens is 238 g/mol. The van der Waals surface area contributed by atoms with Crippen LogP contribution in [0.3, 0.4) is 0 Å². The van der Waals surface area contributed by atoms with Crippen molar-refractivity contribution in [2.24, 2.45) is 5.73 Å². The fourth-order valence-electron chi connectivity index (χ4n) is 2.78. The molecule has 0 aromatic carbocycles. The van der Waals surface area contributed by atoms with Gasteiger partial charge in [-0.05, 0) is 45.6 Å². The summed E-state index contributed by atoms with van der Waals surface area (Å²) in [6, 6.07) is 2.75. The lowest BCUT2D eigenvalue weighted by Gasteiger charge is -2.40. The van der Waals surface area contributed by atoms with E-state index in [9.17, 15) is 0 Å². The minimum Gasteiger partial charge on any atom is -0.396 e. The van der Waals surface area contributed by atoms with Crippen molar-refractivity contribution >= 4 is 5.69 Å². The fourth-order valence-corrected chi connectivity index (χ4v) is 2.78. The summed E-state index contributed by atoms with van der Waals surface area (Å²) in [6.07, 6.45) is 4.61. The van der Waals surface area contributed by atoms with Gasteiger partial charge in [-0.15, -0.1) is 0 Å². The Kier molecular flexibility index (Phi) is 4.77. The zero-order valence-corrected chi connectivity index (χ0v) is 12.0. The molecule has 0 bridgehead atoms. The number of anilines is 1. The molecular formula is C15H25N3O. The third-order valence-electron chi connectivity index (χ3n) is 4.02. The molecule has 0 radical (unpaired) electrons. The molecule has 0 spiro atoms. The van der Waals surface area contributed by atoms with Crippen LogP contribution < -0.4 is 10.6 Å². The molecule has 19 heavy (non-hydrogen) atoms. The van der Waals surface area contributed by atoms with Crippen molar-refractivity contribution in [1.29, 1.82) is 0 Å². The maximum Gasteiger partial charge on any atom is 0.0450 e. The fraction of sp³-hybridized carbons (Fsp3) is 0.667. The summed E-state index contributed by atoms with van der Waals surface area (Å²) in [5.41, 5.74) is 10.4. The highest BCUT2D eigenvalue weighted by Crippen LogP contribution is 2.33. The first-order valence-corrected chi connectivity index (χ1v) is 7.22. The molecule has 1 aromatic heterocycles. The van der Waals surface area contributed by atoms with Crippen LogP contribution in [0, 0.1) is 13.8 Å². The molecule has 106 valence electrons. The van der Waals surface area contributed by atoms with Crippen molar-refractivity contribution in [2.45, 2.75) is 52.1 Å². The second-order valence-electron chi connectivity index (χ2n) is 5.41. The van der Waals surface area contributed by atoms with Crippen molar-refractivity contribution in [3.05, 3.63) is 23.0 Å². The molecule has 4 heteroatoms. The number of aliphatic hydroxyl groups excluding tert-OH is 1. The van der Waals surface area contributed by atoms with Gasteiger partial charge in [-0.3, -0.25) is 4.98 Å². The summed E-state index contributed by atoms with van der Waals surface area (Å²) in [7, 11) is 0. The highest BCUT2D eigenvalue weighted by molar-refractivity contribution is 5.57. The number of pyridine rings is 1. The third-order valence-corrected chi connectivity index (χ3v) is 4.02. The van der Waals surface area contributed by atoms with Crippen LogP contribution in [0.4, 0.5) is 5.69 Å². The lowest BCUT2D eigenvalue weighted by molar-refractivity contribution is 0.283. The van der Waals surface area contributed by atoms with Crippen molar-refractivity contribution in [3.8, 4) is 0 Å². The van der Waals surface area contributed by atoms with E-state index in [0.29, 0.717) is 12.6 Å². The highest BCUT2D eigenvalue weighted by atomic mass is 16.3. The first-order chi connectivity index (χ1) is 9.17. The molecule has 4 nitrogen and oxygen atoms in total. The molecule has 0 amide bonds. The largest absolute Gasteiger partial charge is 0.396 e. The Morgan fingerprint density at radius 2 is 2.16 bits per heavy atom. The van der Waals surface area contributed by atoms with E-state index in [2.05, 4.69) is 16.0 Å². The van der Waals surface area contributed by atoms with Gasteiger partial charge in [0.05, 0.1) is 0 Å². The normalized spacial score (nSPS) is 15.4. The SMILES string of the molecule is Cc1cc(N(CCCO)C2CCC2)c(CN)c(C)n1. The summed E-state index contributed by atoms with van der Waals surface area (Å²) >= 11 is 0. The predicted molar refractivity (Wildman–Crippen MR) is 78.3 cm³/mol. The van der Waals surface area contributed by atoms with Crippen LogP contribution in [0.25, 0.3) is 0 Å². The molecule has 1 aliphatic carbocycles. The van der Waals surface area contributed by atoms with Crippen LogP contribution in [-0.2, 0) is 6.54 Å². The van der Waals surface area contributed by atoms with Crippen molar-refractivity contribution in [1.82, 2.24) is 4.98 Å². The molecule has 1 heterocycles.